The quantitative estimate of drug-likeness (QED) is 0.794. The predicted octanol–water partition coefficient (Wildman–Crippen LogP) is 3.11. The standard InChI is InChI=1S/C12H14Br2FNO2/c1-12(6-13,7-14)16-11(17)9-4-3-8(18-2)5-10(9)15/h3-5H,6-7H2,1-2H3,(H,16,17). The minimum atomic E-state index is -0.599. The fourth-order valence-electron chi connectivity index (χ4n) is 1.25. The number of hydrogen-bond donors (Lipinski definition) is 1. The average molecular weight is 383 g/mol. The zero-order chi connectivity index (χ0) is 13.8. The summed E-state index contributed by atoms with van der Waals surface area (Å²) < 4.78 is 18.6. The molecular weight excluding hydrogens is 369 g/mol. The number of halogens is 3. The summed E-state index contributed by atoms with van der Waals surface area (Å²) in [5.41, 5.74) is -0.465. The van der Waals surface area contributed by atoms with Gasteiger partial charge in [-0.1, -0.05) is 31.9 Å². The Morgan fingerprint density at radius 3 is 2.50 bits per heavy atom. The molecule has 1 rings (SSSR count). The Bertz CT molecular complexity index is 436. The normalized spacial score (nSPS) is 11.2. The molecule has 1 N–H and O–H groups in total. The number of carbonyl (C=O) groups is 1. The van der Waals surface area contributed by atoms with Crippen molar-refractivity contribution in [3.8, 4) is 5.75 Å². The monoisotopic (exact) mass is 381 g/mol. The smallest absolute Gasteiger partial charge is 0.254 e. The van der Waals surface area contributed by atoms with Crippen LogP contribution in [0.25, 0.3) is 0 Å². The molecule has 3 nitrogen and oxygen atoms in total. The lowest BCUT2D eigenvalue weighted by molar-refractivity contribution is 0.0919. The first kappa shape index (κ1) is 15.4. The number of benzene rings is 1. The number of carbonyl (C=O) groups excluding carboxylic acids is 1. The Morgan fingerprint density at radius 1 is 1.44 bits per heavy atom. The lowest BCUT2D eigenvalue weighted by atomic mass is 10.1. The van der Waals surface area contributed by atoms with Crippen molar-refractivity contribution in [2.24, 2.45) is 0 Å². The zero-order valence-corrected chi connectivity index (χ0v) is 13.3. The maximum absolute atomic E-state index is 13.7. The van der Waals surface area contributed by atoms with E-state index in [4.69, 9.17) is 4.74 Å². The van der Waals surface area contributed by atoms with Crippen LogP contribution in [0, 0.1) is 5.82 Å². The summed E-state index contributed by atoms with van der Waals surface area (Å²) in [5, 5.41) is 3.90. The molecule has 1 aromatic rings. The second-order valence-corrected chi connectivity index (χ2v) is 5.25. The van der Waals surface area contributed by atoms with Crippen molar-refractivity contribution in [2.75, 3.05) is 17.8 Å². The summed E-state index contributed by atoms with van der Waals surface area (Å²) in [6, 6.07) is 4.15. The van der Waals surface area contributed by atoms with Gasteiger partial charge < -0.3 is 10.1 Å². The van der Waals surface area contributed by atoms with Gasteiger partial charge in [0, 0.05) is 16.7 Å². The van der Waals surface area contributed by atoms with Gasteiger partial charge in [0.2, 0.25) is 0 Å². The molecule has 18 heavy (non-hydrogen) atoms. The molecule has 0 radical (unpaired) electrons. The highest BCUT2D eigenvalue weighted by Gasteiger charge is 2.25. The number of nitrogens with one attached hydrogen (secondary N) is 1. The third-order valence-corrected chi connectivity index (χ3v) is 4.90. The van der Waals surface area contributed by atoms with Crippen LogP contribution in [0.15, 0.2) is 18.2 Å². The van der Waals surface area contributed by atoms with Gasteiger partial charge in [-0.2, -0.15) is 0 Å². The van der Waals surface area contributed by atoms with Crippen molar-refractivity contribution in [3.63, 3.8) is 0 Å². The molecule has 0 aliphatic rings. The van der Waals surface area contributed by atoms with Crippen LogP contribution in [0.1, 0.15) is 17.3 Å². The molecule has 0 aliphatic carbocycles. The SMILES string of the molecule is COc1ccc(C(=O)NC(C)(CBr)CBr)c(F)c1. The predicted molar refractivity (Wildman–Crippen MR) is 76.4 cm³/mol. The van der Waals surface area contributed by atoms with E-state index >= 15 is 0 Å². The first-order chi connectivity index (χ1) is 8.45. The molecule has 0 heterocycles. The number of ether oxygens (including phenoxy) is 1. The molecule has 100 valence electrons. The highest BCUT2D eigenvalue weighted by atomic mass is 79.9. The second kappa shape index (κ2) is 6.52. The van der Waals surface area contributed by atoms with Gasteiger partial charge in [-0.05, 0) is 19.1 Å². The highest BCUT2D eigenvalue weighted by molar-refractivity contribution is 9.09. The van der Waals surface area contributed by atoms with Crippen LogP contribution < -0.4 is 10.1 Å². The zero-order valence-electron chi connectivity index (χ0n) is 10.1. The number of methoxy groups -OCH3 is 1. The number of amides is 1. The molecule has 0 unspecified atom stereocenters. The van der Waals surface area contributed by atoms with Crippen LogP contribution in [-0.4, -0.2) is 29.2 Å². The van der Waals surface area contributed by atoms with Gasteiger partial charge in [0.15, 0.2) is 0 Å². The van der Waals surface area contributed by atoms with Crippen molar-refractivity contribution < 1.29 is 13.9 Å². The molecule has 6 heteroatoms. The molecule has 0 aliphatic heterocycles. The van der Waals surface area contributed by atoms with E-state index < -0.39 is 17.3 Å². The molecule has 1 amide bonds. The van der Waals surface area contributed by atoms with Crippen molar-refractivity contribution in [1.29, 1.82) is 0 Å². The van der Waals surface area contributed by atoms with Crippen LogP contribution in [0.5, 0.6) is 5.75 Å². The summed E-state index contributed by atoms with van der Waals surface area (Å²) in [7, 11) is 1.45. The van der Waals surface area contributed by atoms with E-state index in [0.717, 1.165) is 0 Å². The van der Waals surface area contributed by atoms with E-state index in [1.54, 1.807) is 6.07 Å². The summed E-state index contributed by atoms with van der Waals surface area (Å²) in [6.45, 7) is 1.86. The van der Waals surface area contributed by atoms with Gasteiger partial charge >= 0.3 is 0 Å². The van der Waals surface area contributed by atoms with Crippen LogP contribution in [0.3, 0.4) is 0 Å². The third kappa shape index (κ3) is 3.68. The maximum Gasteiger partial charge on any atom is 0.254 e. The minimum Gasteiger partial charge on any atom is -0.497 e. The van der Waals surface area contributed by atoms with E-state index in [9.17, 15) is 9.18 Å². The van der Waals surface area contributed by atoms with Crippen LogP contribution in [0.2, 0.25) is 0 Å². The van der Waals surface area contributed by atoms with Crippen LogP contribution in [-0.2, 0) is 0 Å². The van der Waals surface area contributed by atoms with Gasteiger partial charge in [0.05, 0.1) is 18.2 Å². The van der Waals surface area contributed by atoms with Crippen molar-refractivity contribution in [3.05, 3.63) is 29.6 Å². The maximum atomic E-state index is 13.7. The van der Waals surface area contributed by atoms with Gasteiger partial charge in [0.25, 0.3) is 5.91 Å². The summed E-state index contributed by atoms with van der Waals surface area (Å²) in [4.78, 5) is 12.0. The summed E-state index contributed by atoms with van der Waals surface area (Å²) >= 11 is 6.63. The van der Waals surface area contributed by atoms with E-state index in [1.807, 2.05) is 6.92 Å². The fourth-order valence-corrected chi connectivity index (χ4v) is 2.46. The highest BCUT2D eigenvalue weighted by Crippen LogP contribution is 2.18. The Kier molecular flexibility index (Phi) is 5.59. The Labute approximate surface area is 122 Å². The minimum absolute atomic E-state index is 0.00363. The fraction of sp³-hybridized carbons (Fsp3) is 0.417. The van der Waals surface area contributed by atoms with Gasteiger partial charge in [-0.25, -0.2) is 4.39 Å². The van der Waals surface area contributed by atoms with Crippen molar-refractivity contribution >= 4 is 37.8 Å². The molecule has 0 atom stereocenters. The van der Waals surface area contributed by atoms with Gasteiger partial charge in [-0.3, -0.25) is 4.79 Å². The Morgan fingerprint density at radius 2 is 2.06 bits per heavy atom. The Hall–Kier alpha value is -0.620. The molecule has 0 aromatic heterocycles. The lowest BCUT2D eigenvalue weighted by Crippen LogP contribution is -2.49. The van der Waals surface area contributed by atoms with E-state index in [2.05, 4.69) is 37.2 Å². The van der Waals surface area contributed by atoms with Crippen LogP contribution >= 0.6 is 31.9 Å². The first-order valence-corrected chi connectivity index (χ1v) is 7.48. The van der Waals surface area contributed by atoms with E-state index in [1.165, 1.54) is 19.2 Å². The molecule has 1 aromatic carbocycles. The third-order valence-electron chi connectivity index (χ3n) is 2.43. The Balaban J connectivity index is 2.91. The second-order valence-electron chi connectivity index (χ2n) is 4.13. The van der Waals surface area contributed by atoms with Gasteiger partial charge in [0.1, 0.15) is 11.6 Å². The first-order valence-electron chi connectivity index (χ1n) is 5.24. The molecule has 0 spiro atoms. The topological polar surface area (TPSA) is 38.3 Å². The summed E-state index contributed by atoms with van der Waals surface area (Å²) in [6.07, 6.45) is 0. The van der Waals surface area contributed by atoms with E-state index in [0.29, 0.717) is 16.4 Å². The average Bonchev–Trinajstić information content (AvgIpc) is 2.38. The number of alkyl halides is 2. The lowest BCUT2D eigenvalue weighted by Gasteiger charge is -2.26. The molecule has 0 saturated carbocycles. The molecular formula is C12H14Br2FNO2. The van der Waals surface area contributed by atoms with Crippen molar-refractivity contribution in [1.82, 2.24) is 5.32 Å². The number of hydrogen-bond acceptors (Lipinski definition) is 2. The largest absolute Gasteiger partial charge is 0.497 e. The van der Waals surface area contributed by atoms with E-state index in [-0.39, 0.29) is 5.56 Å². The molecule has 0 saturated heterocycles. The van der Waals surface area contributed by atoms with Crippen molar-refractivity contribution in [2.45, 2.75) is 12.5 Å². The number of rotatable bonds is 5. The van der Waals surface area contributed by atoms with Gasteiger partial charge in [-0.15, -0.1) is 0 Å². The molecule has 0 fully saturated rings. The molecule has 0 bridgehead atoms. The van der Waals surface area contributed by atoms with Crippen LogP contribution in [0.4, 0.5) is 4.39 Å². The summed E-state index contributed by atoms with van der Waals surface area (Å²) in [5.74, 6) is -0.664.